The highest BCUT2D eigenvalue weighted by molar-refractivity contribution is 7.10. The minimum atomic E-state index is -4.56. The Labute approximate surface area is 265 Å². The van der Waals surface area contributed by atoms with Gasteiger partial charge in [-0.2, -0.15) is 13.2 Å². The molecule has 45 heavy (non-hydrogen) atoms. The van der Waals surface area contributed by atoms with Crippen molar-refractivity contribution in [2.24, 2.45) is 34.6 Å². The number of hydrogen-bond donors (Lipinski definition) is 4. The molecule has 0 amide bonds. The number of halogens is 4. The second-order valence-corrected chi connectivity index (χ2v) is 14.1. The first-order chi connectivity index (χ1) is 21.0. The Bertz CT molecular complexity index is 1590. The van der Waals surface area contributed by atoms with E-state index < -0.39 is 35.9 Å². The Morgan fingerprint density at radius 1 is 1.31 bits per heavy atom. The fraction of sp³-hybridized carbons (Fsp3) is 0.515. The third-order valence-electron chi connectivity index (χ3n) is 8.62. The first kappa shape index (κ1) is 34.8. The van der Waals surface area contributed by atoms with Gasteiger partial charge in [-0.1, -0.05) is 39.8 Å². The largest absolute Gasteiger partial charge is 0.406 e. The van der Waals surface area contributed by atoms with Crippen molar-refractivity contribution in [3.8, 4) is 11.3 Å². The predicted molar refractivity (Wildman–Crippen MR) is 174 cm³/mol. The number of thiazole rings is 1. The second kappa shape index (κ2) is 13.7. The SMILES string of the molecule is C=C1CCC(C)(C)Cc2c(/C=C(/N)C(C)C)n(CC(F)(F)F)c3cc(F)c(cc23)-c2csc(n2)CC(N)C(=O)C1CCCNN. The minimum absolute atomic E-state index is 0.117. The molecular weight excluding hydrogens is 604 g/mol. The van der Waals surface area contributed by atoms with Crippen LogP contribution in [-0.4, -0.2) is 34.1 Å². The number of Topliss-reactive ketones (excluding diaryl/α,β-unsaturated/α-hetero) is 1. The fourth-order valence-corrected chi connectivity index (χ4v) is 6.81. The maximum Gasteiger partial charge on any atom is 0.406 e. The van der Waals surface area contributed by atoms with E-state index in [4.69, 9.17) is 17.3 Å². The molecule has 0 fully saturated rings. The molecule has 7 nitrogen and oxygen atoms in total. The van der Waals surface area contributed by atoms with Gasteiger partial charge in [-0.05, 0) is 67.2 Å². The zero-order chi connectivity index (χ0) is 33.3. The van der Waals surface area contributed by atoms with Crippen LogP contribution >= 0.6 is 11.3 Å². The summed E-state index contributed by atoms with van der Waals surface area (Å²) >= 11 is 1.26. The highest BCUT2D eigenvalue weighted by Gasteiger charge is 2.34. The molecule has 2 aromatic heterocycles. The molecule has 0 spiro atoms. The number of hydrazine groups is 1. The number of alkyl halides is 3. The summed E-state index contributed by atoms with van der Waals surface area (Å²) in [5.41, 5.74) is 17.7. The van der Waals surface area contributed by atoms with Crippen molar-refractivity contribution in [3.05, 3.63) is 57.4 Å². The van der Waals surface area contributed by atoms with Crippen molar-refractivity contribution in [1.29, 1.82) is 0 Å². The molecule has 2 unspecified atom stereocenters. The van der Waals surface area contributed by atoms with Crippen molar-refractivity contribution in [2.45, 2.75) is 85.0 Å². The minimum Gasteiger partial charge on any atom is -0.402 e. The van der Waals surface area contributed by atoms with Crippen LogP contribution in [0.2, 0.25) is 0 Å². The van der Waals surface area contributed by atoms with E-state index in [1.807, 2.05) is 27.7 Å². The zero-order valence-corrected chi connectivity index (χ0v) is 27.2. The van der Waals surface area contributed by atoms with E-state index in [0.29, 0.717) is 71.7 Å². The number of aromatic nitrogens is 2. The summed E-state index contributed by atoms with van der Waals surface area (Å²) in [7, 11) is 0. The van der Waals surface area contributed by atoms with Gasteiger partial charge >= 0.3 is 6.18 Å². The molecule has 4 bridgehead atoms. The summed E-state index contributed by atoms with van der Waals surface area (Å²) in [4.78, 5) is 18.2. The Morgan fingerprint density at radius 2 is 2.02 bits per heavy atom. The van der Waals surface area contributed by atoms with Crippen molar-refractivity contribution < 1.29 is 22.4 Å². The van der Waals surface area contributed by atoms with E-state index in [-0.39, 0.29) is 29.2 Å². The van der Waals surface area contributed by atoms with Crippen LogP contribution in [0.25, 0.3) is 28.2 Å². The van der Waals surface area contributed by atoms with Crippen LogP contribution in [0.15, 0.2) is 35.4 Å². The molecule has 12 heteroatoms. The molecule has 2 atom stereocenters. The quantitative estimate of drug-likeness (QED) is 0.0749. The Balaban J connectivity index is 1.95. The van der Waals surface area contributed by atoms with Crippen LogP contribution in [0, 0.1) is 23.1 Å². The highest BCUT2D eigenvalue weighted by atomic mass is 32.1. The van der Waals surface area contributed by atoms with E-state index in [9.17, 15) is 18.0 Å². The molecule has 1 aromatic carbocycles. The summed E-state index contributed by atoms with van der Waals surface area (Å²) in [5.74, 6) is 4.05. The van der Waals surface area contributed by atoms with Crippen LogP contribution < -0.4 is 22.7 Å². The highest BCUT2D eigenvalue weighted by Crippen LogP contribution is 2.41. The van der Waals surface area contributed by atoms with Gasteiger partial charge in [0.2, 0.25) is 0 Å². The van der Waals surface area contributed by atoms with Crippen molar-refractivity contribution in [1.82, 2.24) is 15.0 Å². The lowest BCUT2D eigenvalue weighted by Crippen LogP contribution is -2.38. The summed E-state index contributed by atoms with van der Waals surface area (Å²) in [6.07, 6.45) is -0.104. The van der Waals surface area contributed by atoms with E-state index in [1.54, 1.807) is 17.5 Å². The summed E-state index contributed by atoms with van der Waals surface area (Å²) in [6.45, 7) is 11.3. The number of nitrogens with one attached hydrogen (secondary N) is 1. The maximum atomic E-state index is 15.8. The van der Waals surface area contributed by atoms with Gasteiger partial charge in [-0.15, -0.1) is 11.3 Å². The van der Waals surface area contributed by atoms with Crippen LogP contribution in [0.1, 0.15) is 69.6 Å². The standard InChI is InChI=1S/C33H44F4N6OS/c1-18(2)25(38)13-29-23-15-32(4,5)9-8-19(3)20(7-6-10-41-40)31(44)26(39)14-30-42-27(16-45-30)22-11-21(23)28(12-24(22)34)43(29)17-33(35,36)37/h11-13,16,18,20,26,41H,3,6-10,14-15,17,38-40H2,1-2,4-5H3/b25-13+. The smallest absolute Gasteiger partial charge is 0.402 e. The molecule has 1 aliphatic rings. The van der Waals surface area contributed by atoms with Gasteiger partial charge in [-0.25, -0.2) is 9.37 Å². The van der Waals surface area contributed by atoms with Crippen LogP contribution in [0.4, 0.5) is 17.6 Å². The summed E-state index contributed by atoms with van der Waals surface area (Å²) < 4.78 is 58.9. The van der Waals surface area contributed by atoms with Crippen LogP contribution in [0.3, 0.4) is 0 Å². The van der Waals surface area contributed by atoms with E-state index >= 15 is 4.39 Å². The Hall–Kier alpha value is -3.06. The first-order valence-corrected chi connectivity index (χ1v) is 16.1. The molecule has 7 N–H and O–H groups in total. The van der Waals surface area contributed by atoms with E-state index in [2.05, 4.69) is 17.0 Å². The molecule has 0 aliphatic carbocycles. The van der Waals surface area contributed by atoms with Crippen LogP contribution in [-0.2, 0) is 24.2 Å². The molecular formula is C33H44F4N6OS. The third-order valence-corrected chi connectivity index (χ3v) is 9.50. The molecule has 3 aromatic rings. The monoisotopic (exact) mass is 648 g/mol. The fourth-order valence-electron chi connectivity index (χ4n) is 5.95. The number of fused-ring (bicyclic) bond motifs is 4. The number of allylic oxidation sites excluding steroid dienone is 2. The molecule has 0 radical (unpaired) electrons. The molecule has 3 heterocycles. The van der Waals surface area contributed by atoms with E-state index in [0.717, 1.165) is 16.2 Å². The third kappa shape index (κ3) is 8.21. The first-order valence-electron chi connectivity index (χ1n) is 15.2. The maximum absolute atomic E-state index is 15.8. The Kier molecular flexibility index (Phi) is 10.6. The average Bonchev–Trinajstić information content (AvgIpc) is 3.50. The number of hydrogen-bond acceptors (Lipinski definition) is 7. The Morgan fingerprint density at radius 3 is 2.67 bits per heavy atom. The van der Waals surface area contributed by atoms with Crippen molar-refractivity contribution >= 4 is 34.1 Å². The van der Waals surface area contributed by atoms with Crippen molar-refractivity contribution in [3.63, 3.8) is 0 Å². The van der Waals surface area contributed by atoms with Gasteiger partial charge in [0.25, 0.3) is 0 Å². The number of rotatable bonds is 7. The van der Waals surface area contributed by atoms with Crippen LogP contribution in [0.5, 0.6) is 0 Å². The molecule has 246 valence electrons. The van der Waals surface area contributed by atoms with Gasteiger partial charge in [0.05, 0.1) is 22.3 Å². The average molecular weight is 649 g/mol. The molecule has 1 aliphatic heterocycles. The van der Waals surface area contributed by atoms with Gasteiger partial charge in [0.15, 0.2) is 5.78 Å². The zero-order valence-electron chi connectivity index (χ0n) is 26.4. The topological polar surface area (TPSA) is 125 Å². The lowest BCUT2D eigenvalue weighted by molar-refractivity contribution is -0.140. The number of benzene rings is 1. The van der Waals surface area contributed by atoms with E-state index in [1.165, 1.54) is 11.3 Å². The van der Waals surface area contributed by atoms with Gasteiger partial charge in [0.1, 0.15) is 12.4 Å². The normalized spacial score (nSPS) is 20.1. The summed E-state index contributed by atoms with van der Waals surface area (Å²) in [6, 6.07) is 1.94. The number of carbonyl (C=O) groups is 1. The molecule has 0 saturated heterocycles. The number of nitrogens with two attached hydrogens (primary N) is 3. The number of nitrogens with zero attached hydrogens (tertiary/aromatic N) is 2. The van der Waals surface area contributed by atoms with Gasteiger partial charge < -0.3 is 16.0 Å². The number of ketones is 1. The summed E-state index contributed by atoms with van der Waals surface area (Å²) in [5, 5.41) is 2.77. The lowest BCUT2D eigenvalue weighted by Gasteiger charge is -2.28. The molecule has 4 rings (SSSR count). The molecule has 0 saturated carbocycles. The van der Waals surface area contributed by atoms with Gasteiger partial charge in [-0.3, -0.25) is 16.1 Å². The van der Waals surface area contributed by atoms with Crippen molar-refractivity contribution in [2.75, 3.05) is 6.54 Å². The number of carbonyl (C=O) groups excluding carboxylic acids is 1. The lowest BCUT2D eigenvalue weighted by atomic mass is 9.77. The second-order valence-electron chi connectivity index (χ2n) is 13.2. The predicted octanol–water partition coefficient (Wildman–Crippen LogP) is 6.64. The van der Waals surface area contributed by atoms with Gasteiger partial charge in [0, 0.05) is 46.6 Å².